The van der Waals surface area contributed by atoms with Gasteiger partial charge in [0.05, 0.1) is 5.69 Å². The fourth-order valence-electron chi connectivity index (χ4n) is 4.10. The van der Waals surface area contributed by atoms with Crippen LogP contribution in [-0.4, -0.2) is 52.3 Å². The largest absolute Gasteiger partial charge is 0.327 e. The molecule has 1 atom stereocenters. The molecule has 0 saturated carbocycles. The molecule has 0 aliphatic carbocycles. The Kier molecular flexibility index (Phi) is 6.25. The average Bonchev–Trinajstić information content (AvgIpc) is 3.39. The minimum absolute atomic E-state index is 0.0811. The van der Waals surface area contributed by atoms with Gasteiger partial charge in [-0.2, -0.15) is 0 Å². The lowest BCUT2D eigenvalue weighted by Gasteiger charge is -2.29. The molecule has 2 aliphatic heterocycles. The lowest BCUT2D eigenvalue weighted by atomic mass is 9.99. The number of nitrogens with one attached hydrogen (secondary N) is 1. The third-order valence-corrected chi connectivity index (χ3v) is 6.69. The number of nitrogens with zero attached hydrogens (tertiary/aromatic N) is 3. The van der Waals surface area contributed by atoms with E-state index in [0.29, 0.717) is 23.7 Å². The van der Waals surface area contributed by atoms with E-state index >= 15 is 0 Å². The third kappa shape index (κ3) is 4.85. The molecule has 1 aromatic carbocycles. The van der Waals surface area contributed by atoms with E-state index in [2.05, 4.69) is 22.1 Å². The average molecular weight is 413 g/mol. The van der Waals surface area contributed by atoms with Crippen LogP contribution in [0.25, 0.3) is 0 Å². The number of amides is 2. The molecule has 2 aliphatic rings. The molecule has 4 rings (SSSR count). The van der Waals surface area contributed by atoms with E-state index in [-0.39, 0.29) is 11.8 Å². The van der Waals surface area contributed by atoms with Crippen LogP contribution in [0, 0.1) is 5.92 Å². The van der Waals surface area contributed by atoms with E-state index < -0.39 is 6.04 Å². The molecule has 0 radical (unpaired) electrons. The van der Waals surface area contributed by atoms with Crippen LogP contribution < -0.4 is 5.32 Å². The summed E-state index contributed by atoms with van der Waals surface area (Å²) in [5, 5.41) is 5.58. The second-order valence-electron chi connectivity index (χ2n) is 8.11. The van der Waals surface area contributed by atoms with Crippen molar-refractivity contribution < 1.29 is 9.59 Å². The Bertz CT molecular complexity index is 846. The number of hydrogen-bond donors (Lipinski definition) is 1. The summed E-state index contributed by atoms with van der Waals surface area (Å²) in [6.07, 6.45) is 4.00. The number of benzene rings is 1. The van der Waals surface area contributed by atoms with Crippen molar-refractivity contribution >= 4 is 28.3 Å². The Morgan fingerprint density at radius 3 is 2.66 bits per heavy atom. The van der Waals surface area contributed by atoms with Crippen LogP contribution in [0.1, 0.15) is 48.7 Å². The molecule has 1 N–H and O–H groups in total. The van der Waals surface area contributed by atoms with E-state index in [0.717, 1.165) is 37.7 Å². The highest BCUT2D eigenvalue weighted by molar-refractivity contribution is 7.13. The molecule has 2 saturated heterocycles. The van der Waals surface area contributed by atoms with Crippen molar-refractivity contribution in [1.82, 2.24) is 14.8 Å². The van der Waals surface area contributed by atoms with Gasteiger partial charge in [0.1, 0.15) is 6.04 Å². The summed E-state index contributed by atoms with van der Waals surface area (Å²) < 4.78 is 0. The minimum Gasteiger partial charge on any atom is -0.327 e. The van der Waals surface area contributed by atoms with E-state index in [9.17, 15) is 9.59 Å². The number of aromatic nitrogens is 1. The summed E-state index contributed by atoms with van der Waals surface area (Å²) in [5.74, 6) is 0.589. The maximum Gasteiger partial charge on any atom is 0.254 e. The molecule has 2 aromatic rings. The van der Waals surface area contributed by atoms with Gasteiger partial charge in [0, 0.05) is 24.0 Å². The number of carbonyl (C=O) groups excluding carboxylic acids is 2. The van der Waals surface area contributed by atoms with Gasteiger partial charge in [0.15, 0.2) is 5.13 Å². The Morgan fingerprint density at radius 1 is 1.14 bits per heavy atom. The lowest BCUT2D eigenvalue weighted by molar-refractivity contribution is -0.119. The van der Waals surface area contributed by atoms with Crippen LogP contribution in [0.4, 0.5) is 5.13 Å². The van der Waals surface area contributed by atoms with Crippen LogP contribution in [-0.2, 0) is 11.3 Å². The zero-order chi connectivity index (χ0) is 20.2. The molecule has 154 valence electrons. The van der Waals surface area contributed by atoms with E-state index in [4.69, 9.17) is 0 Å². The highest BCUT2D eigenvalue weighted by Gasteiger charge is 2.34. The second kappa shape index (κ2) is 9.05. The Hall–Kier alpha value is -2.25. The SMILES string of the molecule is CC1CCN(Cc2csc(NC(=O)C3CCCN3C(=O)c3ccccc3)n2)CC1. The van der Waals surface area contributed by atoms with Gasteiger partial charge in [-0.05, 0) is 56.8 Å². The Morgan fingerprint density at radius 2 is 1.90 bits per heavy atom. The molecule has 2 fully saturated rings. The summed E-state index contributed by atoms with van der Waals surface area (Å²) in [7, 11) is 0. The zero-order valence-corrected chi connectivity index (χ0v) is 17.7. The number of rotatable bonds is 5. The van der Waals surface area contributed by atoms with Crippen molar-refractivity contribution in [1.29, 1.82) is 0 Å². The van der Waals surface area contributed by atoms with Crippen LogP contribution >= 0.6 is 11.3 Å². The van der Waals surface area contributed by atoms with Gasteiger partial charge in [-0.3, -0.25) is 14.5 Å². The molecule has 29 heavy (non-hydrogen) atoms. The molecule has 0 spiro atoms. The first-order valence-electron chi connectivity index (χ1n) is 10.4. The minimum atomic E-state index is -0.432. The number of likely N-dealkylation sites (tertiary alicyclic amines) is 2. The third-order valence-electron chi connectivity index (χ3n) is 5.88. The standard InChI is InChI=1S/C22H28N4O2S/c1-16-9-12-25(13-10-16)14-18-15-29-22(23-18)24-20(27)19-8-5-11-26(19)21(28)17-6-3-2-4-7-17/h2-4,6-7,15-16,19H,5,8-14H2,1H3,(H,23,24,27). The van der Waals surface area contributed by atoms with Crippen LogP contribution in [0.15, 0.2) is 35.7 Å². The van der Waals surface area contributed by atoms with Crippen LogP contribution in [0.2, 0.25) is 0 Å². The van der Waals surface area contributed by atoms with Gasteiger partial charge in [0.2, 0.25) is 5.91 Å². The molecule has 3 heterocycles. The van der Waals surface area contributed by atoms with Crippen molar-refractivity contribution in [3.63, 3.8) is 0 Å². The second-order valence-corrected chi connectivity index (χ2v) is 8.97. The quantitative estimate of drug-likeness (QED) is 0.815. The molecule has 0 bridgehead atoms. The first-order valence-corrected chi connectivity index (χ1v) is 11.3. The number of thiazole rings is 1. The maximum absolute atomic E-state index is 12.8. The Labute approximate surface area is 175 Å². The molecule has 1 unspecified atom stereocenters. The normalized spacial score (nSPS) is 20.7. The maximum atomic E-state index is 12.8. The first kappa shape index (κ1) is 20.0. The van der Waals surface area contributed by atoms with E-state index in [1.807, 2.05) is 23.6 Å². The smallest absolute Gasteiger partial charge is 0.254 e. The number of carbonyl (C=O) groups is 2. The summed E-state index contributed by atoms with van der Waals surface area (Å²) in [6.45, 7) is 5.98. The summed E-state index contributed by atoms with van der Waals surface area (Å²) in [6, 6.07) is 8.74. The van der Waals surface area contributed by atoms with Gasteiger partial charge in [-0.25, -0.2) is 4.98 Å². The van der Waals surface area contributed by atoms with Gasteiger partial charge in [0.25, 0.3) is 5.91 Å². The summed E-state index contributed by atoms with van der Waals surface area (Å²) in [5.41, 5.74) is 1.63. The van der Waals surface area contributed by atoms with Crippen molar-refractivity contribution in [2.45, 2.75) is 45.2 Å². The van der Waals surface area contributed by atoms with Crippen LogP contribution in [0.5, 0.6) is 0 Å². The van der Waals surface area contributed by atoms with Gasteiger partial charge < -0.3 is 10.2 Å². The zero-order valence-electron chi connectivity index (χ0n) is 16.8. The molecular weight excluding hydrogens is 384 g/mol. The molecule has 7 heteroatoms. The fourth-order valence-corrected chi connectivity index (χ4v) is 4.81. The van der Waals surface area contributed by atoms with Crippen molar-refractivity contribution in [2.75, 3.05) is 25.0 Å². The predicted molar refractivity (Wildman–Crippen MR) is 115 cm³/mol. The lowest BCUT2D eigenvalue weighted by Crippen LogP contribution is -2.43. The monoisotopic (exact) mass is 412 g/mol. The van der Waals surface area contributed by atoms with Gasteiger partial charge in [-0.15, -0.1) is 11.3 Å². The Balaban J connectivity index is 1.35. The van der Waals surface area contributed by atoms with E-state index in [1.54, 1.807) is 17.0 Å². The predicted octanol–water partition coefficient (Wildman–Crippen LogP) is 3.62. The molecule has 2 amide bonds. The summed E-state index contributed by atoms with van der Waals surface area (Å²) in [4.78, 5) is 34.4. The van der Waals surface area contributed by atoms with Crippen molar-refractivity contribution in [3.8, 4) is 0 Å². The van der Waals surface area contributed by atoms with Gasteiger partial charge >= 0.3 is 0 Å². The summed E-state index contributed by atoms with van der Waals surface area (Å²) >= 11 is 1.46. The molecule has 1 aromatic heterocycles. The highest BCUT2D eigenvalue weighted by atomic mass is 32.1. The number of piperidine rings is 1. The fraction of sp³-hybridized carbons (Fsp3) is 0.500. The van der Waals surface area contributed by atoms with E-state index in [1.165, 1.54) is 24.2 Å². The molecule has 6 nitrogen and oxygen atoms in total. The van der Waals surface area contributed by atoms with Crippen LogP contribution in [0.3, 0.4) is 0 Å². The highest BCUT2D eigenvalue weighted by Crippen LogP contribution is 2.24. The number of hydrogen-bond acceptors (Lipinski definition) is 5. The topological polar surface area (TPSA) is 65.5 Å². The first-order chi connectivity index (χ1) is 14.1. The molecular formula is C22H28N4O2S. The van der Waals surface area contributed by atoms with Crippen molar-refractivity contribution in [2.24, 2.45) is 5.92 Å². The van der Waals surface area contributed by atoms with Gasteiger partial charge in [-0.1, -0.05) is 25.1 Å². The number of anilines is 1. The van der Waals surface area contributed by atoms with Crippen molar-refractivity contribution in [3.05, 3.63) is 47.0 Å².